The Morgan fingerprint density at radius 1 is 1.23 bits per heavy atom. The Morgan fingerprint density at radius 3 is 2.60 bits per heavy atom. The van der Waals surface area contributed by atoms with Crippen LogP contribution >= 0.6 is 11.9 Å². The van der Waals surface area contributed by atoms with Crippen molar-refractivity contribution < 1.29 is 9.53 Å². The summed E-state index contributed by atoms with van der Waals surface area (Å²) >= 11 is 1.29. The molecule has 2 heterocycles. The molecule has 188 valence electrons. The summed E-state index contributed by atoms with van der Waals surface area (Å²) < 4.78 is 8.24. The summed E-state index contributed by atoms with van der Waals surface area (Å²) in [5.74, 6) is 1.71. The van der Waals surface area contributed by atoms with Gasteiger partial charge in [0.2, 0.25) is 0 Å². The van der Waals surface area contributed by atoms with E-state index in [0.29, 0.717) is 35.4 Å². The van der Waals surface area contributed by atoms with Crippen molar-refractivity contribution in [1.29, 1.82) is 5.41 Å². The lowest BCUT2D eigenvalue weighted by Gasteiger charge is -2.36. The van der Waals surface area contributed by atoms with Gasteiger partial charge in [0.05, 0.1) is 11.3 Å². The molecular formula is C26H36N6O2S. The number of nitrogens with two attached hydrogens (primary N) is 1. The standard InChI is InChI=1S/C26H36N6O2S/c1-34-17-18-10-13-32(14-11-18)22-16-21(26(33)31-35-15-12-27)30-25(29-20-8-3-2-4-9-20)23(22)24(28)19-6-5-7-19/h2-4,8-9,16,18-19,28H,5-7,10-15,17,27H2,1H3,(H,29,30)(H,31,33). The van der Waals surface area contributed by atoms with E-state index in [0.717, 1.165) is 68.7 Å². The fraction of sp³-hybridized carbons (Fsp3) is 0.500. The molecule has 35 heavy (non-hydrogen) atoms. The molecule has 1 aromatic carbocycles. The minimum Gasteiger partial charge on any atom is -0.384 e. The van der Waals surface area contributed by atoms with Crippen molar-refractivity contribution in [3.05, 3.63) is 47.7 Å². The molecule has 1 aliphatic carbocycles. The number of benzene rings is 1. The van der Waals surface area contributed by atoms with Gasteiger partial charge in [-0.3, -0.25) is 9.52 Å². The second-order valence-corrected chi connectivity index (χ2v) is 10.1. The smallest absolute Gasteiger partial charge is 0.279 e. The van der Waals surface area contributed by atoms with Crippen molar-refractivity contribution in [3.8, 4) is 0 Å². The highest BCUT2D eigenvalue weighted by molar-refractivity contribution is 7.97. The van der Waals surface area contributed by atoms with Crippen LogP contribution in [0.4, 0.5) is 17.2 Å². The van der Waals surface area contributed by atoms with Crippen LogP contribution in [-0.2, 0) is 4.74 Å². The van der Waals surface area contributed by atoms with Gasteiger partial charge in [-0.15, -0.1) is 0 Å². The number of anilines is 3. The topological polar surface area (TPSA) is 116 Å². The third-order valence-corrected chi connectivity index (χ3v) is 7.56. The predicted molar refractivity (Wildman–Crippen MR) is 144 cm³/mol. The number of ether oxygens (including phenoxy) is 1. The molecule has 2 aliphatic rings. The maximum absolute atomic E-state index is 13.0. The summed E-state index contributed by atoms with van der Waals surface area (Å²) in [6.07, 6.45) is 5.23. The number of carbonyl (C=O) groups excluding carboxylic acids is 1. The van der Waals surface area contributed by atoms with Crippen molar-refractivity contribution in [2.45, 2.75) is 32.1 Å². The number of aromatic nitrogens is 1. The van der Waals surface area contributed by atoms with Crippen molar-refractivity contribution in [2.24, 2.45) is 17.6 Å². The molecule has 9 heteroatoms. The fourth-order valence-electron chi connectivity index (χ4n) is 4.62. The third kappa shape index (κ3) is 6.34. The summed E-state index contributed by atoms with van der Waals surface area (Å²) in [5.41, 5.74) is 9.14. The molecular weight excluding hydrogens is 460 g/mol. The molecule has 5 N–H and O–H groups in total. The quantitative estimate of drug-likeness (QED) is 0.209. The Labute approximate surface area is 212 Å². The Balaban J connectivity index is 1.74. The molecule has 1 amide bonds. The second-order valence-electron chi connectivity index (χ2n) is 9.24. The van der Waals surface area contributed by atoms with Crippen molar-refractivity contribution in [3.63, 3.8) is 0 Å². The monoisotopic (exact) mass is 496 g/mol. The highest BCUT2D eigenvalue weighted by Crippen LogP contribution is 2.38. The maximum atomic E-state index is 13.0. The normalized spacial score (nSPS) is 16.6. The Morgan fingerprint density at radius 2 is 1.97 bits per heavy atom. The Bertz CT molecular complexity index is 1010. The summed E-state index contributed by atoms with van der Waals surface area (Å²) in [6, 6.07) is 11.7. The minimum atomic E-state index is -0.253. The largest absolute Gasteiger partial charge is 0.384 e. The van der Waals surface area contributed by atoms with E-state index in [-0.39, 0.29) is 11.8 Å². The van der Waals surface area contributed by atoms with Gasteiger partial charge in [-0.25, -0.2) is 4.98 Å². The lowest BCUT2D eigenvalue weighted by Crippen LogP contribution is -2.37. The molecule has 1 aliphatic heterocycles. The van der Waals surface area contributed by atoms with Gasteiger partial charge in [-0.1, -0.05) is 24.6 Å². The van der Waals surface area contributed by atoms with Gasteiger partial charge in [0.25, 0.3) is 5.91 Å². The van der Waals surface area contributed by atoms with Gasteiger partial charge in [0, 0.05) is 56.4 Å². The van der Waals surface area contributed by atoms with Crippen molar-refractivity contribution in [1.82, 2.24) is 9.71 Å². The van der Waals surface area contributed by atoms with Crippen LogP contribution in [0.25, 0.3) is 0 Å². The van der Waals surface area contributed by atoms with E-state index in [9.17, 15) is 4.79 Å². The van der Waals surface area contributed by atoms with E-state index >= 15 is 0 Å². The first-order chi connectivity index (χ1) is 17.1. The minimum absolute atomic E-state index is 0.234. The number of nitrogens with one attached hydrogen (secondary N) is 3. The zero-order chi connectivity index (χ0) is 24.6. The van der Waals surface area contributed by atoms with Gasteiger partial charge in [-0.05, 0) is 61.7 Å². The zero-order valence-electron chi connectivity index (χ0n) is 20.4. The number of nitrogens with zero attached hydrogens (tertiary/aromatic N) is 2. The first kappa shape index (κ1) is 25.5. The summed E-state index contributed by atoms with van der Waals surface area (Å²) in [4.78, 5) is 20.1. The molecule has 8 nitrogen and oxygen atoms in total. The zero-order valence-corrected chi connectivity index (χ0v) is 21.2. The van der Waals surface area contributed by atoms with Gasteiger partial charge in [0.15, 0.2) is 0 Å². The van der Waals surface area contributed by atoms with Crippen molar-refractivity contribution in [2.75, 3.05) is 49.3 Å². The second kappa shape index (κ2) is 12.4. The molecule has 0 unspecified atom stereocenters. The fourth-order valence-corrected chi connectivity index (χ4v) is 5.07. The van der Waals surface area contributed by atoms with E-state index < -0.39 is 0 Å². The number of methoxy groups -OCH3 is 1. The third-order valence-electron chi connectivity index (χ3n) is 6.79. The van der Waals surface area contributed by atoms with Crippen LogP contribution < -0.4 is 20.7 Å². The predicted octanol–water partition coefficient (Wildman–Crippen LogP) is 4.19. The van der Waals surface area contributed by atoms with Crippen LogP contribution in [0.5, 0.6) is 0 Å². The van der Waals surface area contributed by atoms with Crippen LogP contribution in [0.15, 0.2) is 36.4 Å². The molecule has 1 saturated carbocycles. The van der Waals surface area contributed by atoms with Crippen LogP contribution in [0.3, 0.4) is 0 Å². The van der Waals surface area contributed by atoms with E-state index in [2.05, 4.69) is 14.9 Å². The number of carbonyl (C=O) groups is 1. The highest BCUT2D eigenvalue weighted by Gasteiger charge is 2.31. The summed E-state index contributed by atoms with van der Waals surface area (Å²) in [7, 11) is 1.75. The number of para-hydroxylation sites is 1. The molecule has 2 fully saturated rings. The van der Waals surface area contributed by atoms with Crippen LogP contribution in [-0.4, -0.2) is 55.7 Å². The van der Waals surface area contributed by atoms with Gasteiger partial charge < -0.3 is 26.1 Å². The lowest BCUT2D eigenvalue weighted by molar-refractivity contribution is 0.0979. The molecule has 1 saturated heterocycles. The van der Waals surface area contributed by atoms with Crippen LogP contribution in [0.2, 0.25) is 0 Å². The number of amides is 1. The van der Waals surface area contributed by atoms with Crippen LogP contribution in [0, 0.1) is 17.2 Å². The number of rotatable bonds is 11. The summed E-state index contributed by atoms with van der Waals surface area (Å²) in [6.45, 7) is 2.97. The lowest BCUT2D eigenvalue weighted by atomic mass is 9.79. The van der Waals surface area contributed by atoms with Crippen LogP contribution in [0.1, 0.15) is 48.2 Å². The first-order valence-corrected chi connectivity index (χ1v) is 13.4. The Hall–Kier alpha value is -2.62. The molecule has 1 aromatic heterocycles. The van der Waals surface area contributed by atoms with Gasteiger partial charge in [-0.2, -0.15) is 0 Å². The number of hydrogen-bond acceptors (Lipinski definition) is 8. The molecule has 0 bridgehead atoms. The first-order valence-electron chi connectivity index (χ1n) is 12.4. The molecule has 0 atom stereocenters. The average Bonchev–Trinajstić information content (AvgIpc) is 2.84. The van der Waals surface area contributed by atoms with Gasteiger partial charge in [0.1, 0.15) is 11.5 Å². The average molecular weight is 497 g/mol. The molecule has 2 aromatic rings. The molecule has 0 radical (unpaired) electrons. The number of piperidine rings is 1. The summed E-state index contributed by atoms with van der Waals surface area (Å²) in [5, 5.41) is 12.5. The highest BCUT2D eigenvalue weighted by atomic mass is 32.2. The van der Waals surface area contributed by atoms with E-state index in [4.69, 9.17) is 20.9 Å². The van der Waals surface area contributed by atoms with Gasteiger partial charge >= 0.3 is 0 Å². The van der Waals surface area contributed by atoms with Crippen molar-refractivity contribution >= 4 is 40.8 Å². The van der Waals surface area contributed by atoms with E-state index in [1.165, 1.54) is 11.9 Å². The number of hydrogen-bond donors (Lipinski definition) is 4. The Kier molecular flexibility index (Phi) is 9.01. The van der Waals surface area contributed by atoms with E-state index in [1.54, 1.807) is 7.11 Å². The van der Waals surface area contributed by atoms with E-state index in [1.807, 2.05) is 36.4 Å². The maximum Gasteiger partial charge on any atom is 0.279 e. The molecule has 0 spiro atoms. The molecule has 4 rings (SSSR count). The number of pyridine rings is 1. The SMILES string of the molecule is COCC1CCN(c2cc(C(=O)NSCCN)nc(Nc3ccccc3)c2C(=N)C2CCC2)CC1.